The fraction of sp³-hybridized carbons (Fsp3) is 1.00. The first kappa shape index (κ1) is 11.7. The second-order valence-corrected chi connectivity index (χ2v) is 5.03. The van der Waals surface area contributed by atoms with Crippen LogP contribution in [0.2, 0.25) is 0 Å². The molecule has 0 aromatic rings. The minimum absolute atomic E-state index is 1.33. The highest BCUT2D eigenvalue weighted by atomic mass is 32.2. The van der Waals surface area contributed by atoms with Crippen molar-refractivity contribution in [1.82, 2.24) is 0 Å². The quantitative estimate of drug-likeness (QED) is 0.538. The fourth-order valence-electron chi connectivity index (χ4n) is 0.756. The molecule has 0 radical (unpaired) electrons. The standard InChI is InChI=1S/C9H20S2/c1-3-6-10-8-5-9-11-7-4-2/h3-9H2,1-2H3. The van der Waals surface area contributed by atoms with Crippen LogP contribution >= 0.6 is 23.5 Å². The topological polar surface area (TPSA) is 0 Å². The molecule has 0 aliphatic rings. The van der Waals surface area contributed by atoms with Crippen molar-refractivity contribution < 1.29 is 0 Å². The van der Waals surface area contributed by atoms with E-state index in [1.165, 1.54) is 42.3 Å². The normalized spacial score (nSPS) is 10.4. The van der Waals surface area contributed by atoms with E-state index >= 15 is 0 Å². The van der Waals surface area contributed by atoms with Crippen LogP contribution in [-0.4, -0.2) is 23.0 Å². The van der Waals surface area contributed by atoms with Gasteiger partial charge in [0.25, 0.3) is 0 Å². The highest BCUT2D eigenvalue weighted by molar-refractivity contribution is 8.00. The van der Waals surface area contributed by atoms with Gasteiger partial charge in [-0.3, -0.25) is 0 Å². The van der Waals surface area contributed by atoms with Crippen LogP contribution in [0, 0.1) is 0 Å². The predicted octanol–water partition coefficient (Wildman–Crippen LogP) is 3.66. The van der Waals surface area contributed by atoms with Gasteiger partial charge in [0.1, 0.15) is 0 Å². The average Bonchev–Trinajstić information content (AvgIpc) is 2.03. The van der Waals surface area contributed by atoms with Gasteiger partial charge in [-0.2, -0.15) is 23.5 Å². The summed E-state index contributed by atoms with van der Waals surface area (Å²) >= 11 is 4.20. The Morgan fingerprint density at radius 3 is 1.55 bits per heavy atom. The molecule has 0 saturated heterocycles. The maximum absolute atomic E-state index is 2.25. The third-order valence-electron chi connectivity index (χ3n) is 1.27. The lowest BCUT2D eigenvalue weighted by Gasteiger charge is -1.99. The Kier molecular flexibility index (Phi) is 11.4. The minimum atomic E-state index is 1.33. The molecule has 0 amide bonds. The van der Waals surface area contributed by atoms with E-state index in [1.807, 2.05) is 0 Å². The summed E-state index contributed by atoms with van der Waals surface area (Å²) in [6.07, 6.45) is 4.05. The number of thioether (sulfide) groups is 2. The molecular weight excluding hydrogens is 172 g/mol. The zero-order chi connectivity index (χ0) is 8.36. The summed E-state index contributed by atoms with van der Waals surface area (Å²) in [5.41, 5.74) is 0. The Labute approximate surface area is 79.9 Å². The van der Waals surface area contributed by atoms with Crippen molar-refractivity contribution in [3.8, 4) is 0 Å². The zero-order valence-corrected chi connectivity index (χ0v) is 9.40. The van der Waals surface area contributed by atoms with Crippen LogP contribution in [0.5, 0.6) is 0 Å². The lowest BCUT2D eigenvalue weighted by atomic mass is 10.6. The Hall–Kier alpha value is 0.700. The van der Waals surface area contributed by atoms with E-state index in [0.717, 1.165) is 0 Å². The van der Waals surface area contributed by atoms with Gasteiger partial charge in [0.05, 0.1) is 0 Å². The zero-order valence-electron chi connectivity index (χ0n) is 7.77. The van der Waals surface area contributed by atoms with E-state index in [1.54, 1.807) is 0 Å². The second-order valence-electron chi connectivity index (χ2n) is 2.58. The Morgan fingerprint density at radius 2 is 1.18 bits per heavy atom. The monoisotopic (exact) mass is 192 g/mol. The van der Waals surface area contributed by atoms with Crippen molar-refractivity contribution in [3.63, 3.8) is 0 Å². The van der Waals surface area contributed by atoms with Crippen LogP contribution in [-0.2, 0) is 0 Å². The summed E-state index contributed by atoms with van der Waals surface area (Å²) in [6, 6.07) is 0. The maximum Gasteiger partial charge on any atom is -0.00597 e. The highest BCUT2D eigenvalue weighted by Crippen LogP contribution is 2.09. The van der Waals surface area contributed by atoms with Crippen LogP contribution in [0.25, 0.3) is 0 Å². The van der Waals surface area contributed by atoms with E-state index in [-0.39, 0.29) is 0 Å². The van der Waals surface area contributed by atoms with Gasteiger partial charge in [0, 0.05) is 0 Å². The van der Waals surface area contributed by atoms with Crippen molar-refractivity contribution in [1.29, 1.82) is 0 Å². The molecule has 0 bridgehead atoms. The molecule has 0 spiro atoms. The number of hydrogen-bond donors (Lipinski definition) is 0. The van der Waals surface area contributed by atoms with Gasteiger partial charge in [-0.05, 0) is 42.3 Å². The largest absolute Gasteiger partial charge is 0.162 e. The molecule has 0 N–H and O–H groups in total. The molecule has 0 aromatic heterocycles. The van der Waals surface area contributed by atoms with Crippen molar-refractivity contribution in [2.45, 2.75) is 33.1 Å². The molecule has 0 atom stereocenters. The van der Waals surface area contributed by atoms with Gasteiger partial charge >= 0.3 is 0 Å². The van der Waals surface area contributed by atoms with Crippen molar-refractivity contribution in [2.24, 2.45) is 0 Å². The summed E-state index contributed by atoms with van der Waals surface area (Å²) in [5.74, 6) is 5.42. The smallest absolute Gasteiger partial charge is 0.00597 e. The van der Waals surface area contributed by atoms with E-state index in [9.17, 15) is 0 Å². The van der Waals surface area contributed by atoms with Crippen LogP contribution in [0.4, 0.5) is 0 Å². The molecule has 0 unspecified atom stereocenters. The predicted molar refractivity (Wildman–Crippen MR) is 59.8 cm³/mol. The molecule has 0 nitrogen and oxygen atoms in total. The van der Waals surface area contributed by atoms with Gasteiger partial charge in [-0.25, -0.2) is 0 Å². The molecule has 0 aromatic carbocycles. The first-order chi connectivity index (χ1) is 5.41. The Morgan fingerprint density at radius 1 is 0.727 bits per heavy atom. The first-order valence-electron chi connectivity index (χ1n) is 4.57. The molecule has 0 aliphatic heterocycles. The minimum Gasteiger partial charge on any atom is -0.162 e. The van der Waals surface area contributed by atoms with Gasteiger partial charge in [0.2, 0.25) is 0 Å². The summed E-state index contributed by atoms with van der Waals surface area (Å²) in [4.78, 5) is 0. The average molecular weight is 192 g/mol. The van der Waals surface area contributed by atoms with Gasteiger partial charge in [0.15, 0.2) is 0 Å². The Bertz CT molecular complexity index is 56.6. The summed E-state index contributed by atoms with van der Waals surface area (Å²) in [7, 11) is 0. The van der Waals surface area contributed by atoms with E-state index in [4.69, 9.17) is 0 Å². The van der Waals surface area contributed by atoms with Crippen LogP contribution < -0.4 is 0 Å². The maximum atomic E-state index is 2.25. The lowest BCUT2D eigenvalue weighted by molar-refractivity contribution is 1.07. The molecular formula is C9H20S2. The fourth-order valence-corrected chi connectivity index (χ4v) is 2.62. The van der Waals surface area contributed by atoms with Crippen molar-refractivity contribution in [2.75, 3.05) is 23.0 Å². The number of hydrogen-bond acceptors (Lipinski definition) is 2. The molecule has 68 valence electrons. The lowest BCUT2D eigenvalue weighted by Crippen LogP contribution is -1.86. The van der Waals surface area contributed by atoms with Crippen molar-refractivity contribution >= 4 is 23.5 Å². The molecule has 0 saturated carbocycles. The molecule has 11 heavy (non-hydrogen) atoms. The molecule has 2 heteroatoms. The molecule has 0 fully saturated rings. The number of rotatable bonds is 8. The van der Waals surface area contributed by atoms with Gasteiger partial charge in [-0.15, -0.1) is 0 Å². The molecule has 0 rings (SSSR count). The first-order valence-corrected chi connectivity index (χ1v) is 6.88. The van der Waals surface area contributed by atoms with Gasteiger partial charge in [-0.1, -0.05) is 13.8 Å². The third-order valence-corrected chi connectivity index (χ3v) is 3.82. The summed E-state index contributed by atoms with van der Waals surface area (Å²) in [6.45, 7) is 4.50. The Balaban J connectivity index is 2.69. The molecule has 0 heterocycles. The third kappa shape index (κ3) is 10.7. The van der Waals surface area contributed by atoms with E-state index < -0.39 is 0 Å². The van der Waals surface area contributed by atoms with Crippen LogP contribution in [0.3, 0.4) is 0 Å². The van der Waals surface area contributed by atoms with Gasteiger partial charge < -0.3 is 0 Å². The summed E-state index contributed by atoms with van der Waals surface area (Å²) < 4.78 is 0. The van der Waals surface area contributed by atoms with Crippen molar-refractivity contribution in [3.05, 3.63) is 0 Å². The van der Waals surface area contributed by atoms with E-state index in [2.05, 4.69) is 37.4 Å². The highest BCUT2D eigenvalue weighted by Gasteiger charge is 1.89. The van der Waals surface area contributed by atoms with Crippen LogP contribution in [0.15, 0.2) is 0 Å². The second kappa shape index (κ2) is 10.7. The summed E-state index contributed by atoms with van der Waals surface area (Å²) in [5, 5.41) is 0. The molecule has 0 aliphatic carbocycles. The van der Waals surface area contributed by atoms with E-state index in [0.29, 0.717) is 0 Å². The van der Waals surface area contributed by atoms with Crippen LogP contribution in [0.1, 0.15) is 33.1 Å². The SMILES string of the molecule is CCCSCCCSCCC.